The Morgan fingerprint density at radius 2 is 1.81 bits per heavy atom. The van der Waals surface area contributed by atoms with Gasteiger partial charge in [-0.05, 0) is 18.9 Å². The predicted molar refractivity (Wildman–Crippen MR) is 86.6 cm³/mol. The molecule has 0 fully saturated rings. The molecule has 1 aromatic heterocycles. The van der Waals surface area contributed by atoms with Gasteiger partial charge in [-0.15, -0.1) is 0 Å². The number of hydrogen-bond acceptors (Lipinski definition) is 3. The van der Waals surface area contributed by atoms with Gasteiger partial charge in [0.15, 0.2) is 0 Å². The summed E-state index contributed by atoms with van der Waals surface area (Å²) in [7, 11) is -3.45. The molecule has 1 unspecified atom stereocenters. The van der Waals surface area contributed by atoms with Crippen molar-refractivity contribution < 1.29 is 8.42 Å². The highest BCUT2D eigenvalue weighted by atomic mass is 32.2. The largest absolute Gasteiger partial charge is 0.363 e. The average Bonchev–Trinajstić information content (AvgIpc) is 2.86. The fraction of sp³-hybridized carbons (Fsp3) is 0.733. The molecule has 0 saturated carbocycles. The topological polar surface area (TPSA) is 74.0 Å². The van der Waals surface area contributed by atoms with Crippen molar-refractivity contribution in [2.24, 2.45) is 5.92 Å². The highest BCUT2D eigenvalue weighted by Gasteiger charge is 2.22. The molecule has 0 bridgehead atoms. The number of aromatic nitrogens is 1. The van der Waals surface area contributed by atoms with Crippen molar-refractivity contribution >= 4 is 10.0 Å². The summed E-state index contributed by atoms with van der Waals surface area (Å²) >= 11 is 0. The molecule has 3 N–H and O–H groups in total. The second-order valence-corrected chi connectivity index (χ2v) is 7.60. The maximum Gasteiger partial charge on any atom is 0.242 e. The van der Waals surface area contributed by atoms with Crippen LogP contribution in [0.3, 0.4) is 0 Å². The van der Waals surface area contributed by atoms with Crippen molar-refractivity contribution in [2.45, 2.75) is 71.0 Å². The number of rotatable bonds is 9. The molecule has 0 radical (unpaired) electrons. The Kier molecular flexibility index (Phi) is 6.90. The number of sulfonamides is 1. The Labute approximate surface area is 129 Å². The first kappa shape index (κ1) is 18.2. The zero-order valence-electron chi connectivity index (χ0n) is 13.7. The van der Waals surface area contributed by atoms with E-state index in [9.17, 15) is 8.42 Å². The molecule has 0 saturated heterocycles. The third-order valence-corrected chi connectivity index (χ3v) is 5.36. The third kappa shape index (κ3) is 5.45. The molecule has 0 aromatic carbocycles. The van der Waals surface area contributed by atoms with E-state index < -0.39 is 10.0 Å². The van der Waals surface area contributed by atoms with Crippen LogP contribution in [0.4, 0.5) is 0 Å². The van der Waals surface area contributed by atoms with Crippen molar-refractivity contribution in [3.05, 3.63) is 18.0 Å². The van der Waals surface area contributed by atoms with Crippen LogP contribution in [0.15, 0.2) is 17.2 Å². The Morgan fingerprint density at radius 1 is 1.19 bits per heavy atom. The Morgan fingerprint density at radius 3 is 2.33 bits per heavy atom. The van der Waals surface area contributed by atoms with Gasteiger partial charge in [-0.1, -0.05) is 40.5 Å². The summed E-state index contributed by atoms with van der Waals surface area (Å²) in [5.41, 5.74) is 0.874. The lowest BCUT2D eigenvalue weighted by atomic mass is 9.96. The van der Waals surface area contributed by atoms with Crippen LogP contribution < -0.4 is 10.0 Å². The number of H-pyrrole nitrogens is 1. The van der Waals surface area contributed by atoms with Crippen molar-refractivity contribution in [1.82, 2.24) is 15.0 Å². The van der Waals surface area contributed by atoms with Crippen LogP contribution in [-0.2, 0) is 16.6 Å². The molecule has 21 heavy (non-hydrogen) atoms. The first-order valence-electron chi connectivity index (χ1n) is 7.73. The Hall–Kier alpha value is -0.850. The van der Waals surface area contributed by atoms with Crippen LogP contribution >= 0.6 is 0 Å². The van der Waals surface area contributed by atoms with Crippen LogP contribution in [0.5, 0.6) is 0 Å². The molecule has 6 heteroatoms. The maximum absolute atomic E-state index is 12.4. The summed E-state index contributed by atoms with van der Waals surface area (Å²) < 4.78 is 27.5. The van der Waals surface area contributed by atoms with Crippen molar-refractivity contribution in [2.75, 3.05) is 0 Å². The van der Waals surface area contributed by atoms with E-state index in [-0.39, 0.29) is 6.04 Å². The number of nitrogens with one attached hydrogen (secondary N) is 3. The van der Waals surface area contributed by atoms with Crippen molar-refractivity contribution in [3.63, 3.8) is 0 Å². The molecule has 0 aliphatic carbocycles. The van der Waals surface area contributed by atoms with Gasteiger partial charge in [0.2, 0.25) is 10.0 Å². The molecule has 1 atom stereocenters. The normalized spacial score (nSPS) is 14.0. The van der Waals surface area contributed by atoms with Crippen LogP contribution in [0, 0.1) is 5.92 Å². The van der Waals surface area contributed by atoms with Gasteiger partial charge < -0.3 is 10.3 Å². The lowest BCUT2D eigenvalue weighted by Gasteiger charge is -2.21. The lowest BCUT2D eigenvalue weighted by molar-refractivity contribution is 0.391. The molecule has 0 aliphatic rings. The highest BCUT2D eigenvalue weighted by molar-refractivity contribution is 7.89. The second kappa shape index (κ2) is 7.96. The van der Waals surface area contributed by atoms with Gasteiger partial charge in [0.1, 0.15) is 0 Å². The second-order valence-electron chi connectivity index (χ2n) is 5.88. The summed E-state index contributed by atoms with van der Waals surface area (Å²) in [5, 5.41) is 3.26. The van der Waals surface area contributed by atoms with Gasteiger partial charge in [-0.2, -0.15) is 0 Å². The maximum atomic E-state index is 12.4. The van der Waals surface area contributed by atoms with Gasteiger partial charge in [-0.25, -0.2) is 13.1 Å². The molecule has 5 nitrogen and oxygen atoms in total. The summed E-state index contributed by atoms with van der Waals surface area (Å²) in [4.78, 5) is 3.32. The fourth-order valence-electron chi connectivity index (χ4n) is 2.39. The van der Waals surface area contributed by atoms with E-state index in [1.165, 1.54) is 0 Å². The Balaban J connectivity index is 2.74. The van der Waals surface area contributed by atoms with Gasteiger partial charge >= 0.3 is 0 Å². The van der Waals surface area contributed by atoms with Gasteiger partial charge in [-0.3, -0.25) is 0 Å². The van der Waals surface area contributed by atoms with E-state index >= 15 is 0 Å². The van der Waals surface area contributed by atoms with Crippen molar-refractivity contribution in [1.29, 1.82) is 0 Å². The highest BCUT2D eigenvalue weighted by Crippen LogP contribution is 2.17. The minimum Gasteiger partial charge on any atom is -0.363 e. The van der Waals surface area contributed by atoms with Gasteiger partial charge in [0.25, 0.3) is 0 Å². The summed E-state index contributed by atoms with van der Waals surface area (Å²) in [5.74, 6) is 0.362. The van der Waals surface area contributed by atoms with Gasteiger partial charge in [0.05, 0.1) is 4.90 Å². The monoisotopic (exact) mass is 315 g/mol. The van der Waals surface area contributed by atoms with Gasteiger partial charge in [0, 0.05) is 30.5 Å². The quantitative estimate of drug-likeness (QED) is 0.656. The molecule has 1 heterocycles. The first-order valence-corrected chi connectivity index (χ1v) is 9.21. The minimum atomic E-state index is -3.45. The molecule has 122 valence electrons. The molecule has 1 rings (SSSR count). The summed E-state index contributed by atoms with van der Waals surface area (Å²) in [6.45, 7) is 10.9. The molecule has 0 aliphatic heterocycles. The standard InChI is InChI=1S/C15H29N3O2S/c1-6-13(7-2)12(5)18-21(19,20)15-8-14(17-10-15)9-16-11(3)4/h8,10-13,16-18H,6-7,9H2,1-5H3. The number of hydrogen-bond donors (Lipinski definition) is 3. The molecular formula is C15H29N3O2S. The third-order valence-electron chi connectivity index (χ3n) is 3.82. The van der Waals surface area contributed by atoms with Crippen molar-refractivity contribution in [3.8, 4) is 0 Å². The van der Waals surface area contributed by atoms with E-state index in [4.69, 9.17) is 0 Å². The lowest BCUT2D eigenvalue weighted by Crippen LogP contribution is -2.37. The summed E-state index contributed by atoms with van der Waals surface area (Å²) in [6, 6.07) is 2.00. The predicted octanol–water partition coefficient (Wildman–Crippen LogP) is 2.62. The molecular weight excluding hydrogens is 286 g/mol. The van der Waals surface area contributed by atoms with Crippen LogP contribution in [0.25, 0.3) is 0 Å². The Bertz CT molecular complexity index is 519. The summed E-state index contributed by atoms with van der Waals surface area (Å²) in [6.07, 6.45) is 3.49. The smallest absolute Gasteiger partial charge is 0.242 e. The van der Waals surface area contributed by atoms with E-state index in [1.807, 2.05) is 6.92 Å². The van der Waals surface area contributed by atoms with Crippen LogP contribution in [-0.4, -0.2) is 25.5 Å². The van der Waals surface area contributed by atoms with E-state index in [2.05, 4.69) is 42.7 Å². The van der Waals surface area contributed by atoms with E-state index in [1.54, 1.807) is 12.3 Å². The molecule has 0 amide bonds. The minimum absolute atomic E-state index is 0.0582. The zero-order valence-corrected chi connectivity index (χ0v) is 14.5. The first-order chi connectivity index (χ1) is 9.80. The zero-order chi connectivity index (χ0) is 16.0. The SMILES string of the molecule is CCC(CC)C(C)NS(=O)(=O)c1c[nH]c(CNC(C)C)c1. The van der Waals surface area contributed by atoms with E-state index in [0.717, 1.165) is 18.5 Å². The van der Waals surface area contributed by atoms with E-state index in [0.29, 0.717) is 23.4 Å². The molecule has 1 aromatic rings. The molecule has 0 spiro atoms. The average molecular weight is 315 g/mol. The van der Waals surface area contributed by atoms with Crippen LogP contribution in [0.1, 0.15) is 53.2 Å². The number of aromatic amines is 1. The fourth-order valence-corrected chi connectivity index (χ4v) is 3.72. The van der Waals surface area contributed by atoms with Crippen LogP contribution in [0.2, 0.25) is 0 Å².